The number of methoxy groups -OCH3 is 1. The molecular formula is C11H16O3P+. The van der Waals surface area contributed by atoms with Gasteiger partial charge in [0.2, 0.25) is 6.16 Å². The van der Waals surface area contributed by atoms with Gasteiger partial charge in [0.25, 0.3) is 0 Å². The fraction of sp³-hybridized carbons (Fsp3) is 0.455. The van der Waals surface area contributed by atoms with Gasteiger partial charge in [-0.25, -0.2) is 0 Å². The highest BCUT2D eigenvalue weighted by Gasteiger charge is 2.22. The highest BCUT2D eigenvalue weighted by molar-refractivity contribution is 7.38. The Hall–Kier alpha value is -0.920. The summed E-state index contributed by atoms with van der Waals surface area (Å²) in [5.41, 5.74) is 0.918. The Morgan fingerprint density at radius 3 is 2.60 bits per heavy atom. The van der Waals surface area contributed by atoms with Crippen LogP contribution in [0.25, 0.3) is 0 Å². The minimum absolute atomic E-state index is 0.0108. The minimum Gasteiger partial charge on any atom is -0.496 e. The van der Waals surface area contributed by atoms with E-state index in [0.29, 0.717) is 6.16 Å². The molecule has 0 saturated carbocycles. The van der Waals surface area contributed by atoms with Gasteiger partial charge in [-0.1, -0.05) is 18.2 Å². The molecule has 0 bridgehead atoms. The topological polar surface area (TPSA) is 35.5 Å². The Labute approximate surface area is 91.3 Å². The van der Waals surface area contributed by atoms with E-state index in [1.54, 1.807) is 7.11 Å². The number of benzene rings is 1. The summed E-state index contributed by atoms with van der Waals surface area (Å²) in [4.78, 5) is 0. The van der Waals surface area contributed by atoms with Crippen molar-refractivity contribution < 1.29 is 13.8 Å². The van der Waals surface area contributed by atoms with Crippen molar-refractivity contribution in [1.29, 1.82) is 0 Å². The molecule has 0 aliphatic rings. The molecule has 0 amide bonds. The maximum absolute atomic E-state index is 11.6. The van der Waals surface area contributed by atoms with E-state index in [9.17, 15) is 4.57 Å². The fourth-order valence-electron chi connectivity index (χ4n) is 1.25. The first-order valence-corrected chi connectivity index (χ1v) is 6.23. The molecule has 3 nitrogen and oxygen atoms in total. The fourth-order valence-corrected chi connectivity index (χ4v) is 2.33. The van der Waals surface area contributed by atoms with Crippen LogP contribution in [0.3, 0.4) is 0 Å². The van der Waals surface area contributed by atoms with Gasteiger partial charge in [-0.05, 0) is 24.5 Å². The zero-order valence-corrected chi connectivity index (χ0v) is 10.2. The summed E-state index contributed by atoms with van der Waals surface area (Å²) in [6, 6.07) is 7.54. The lowest BCUT2D eigenvalue weighted by Crippen LogP contribution is -1.96. The molecule has 0 radical (unpaired) electrons. The van der Waals surface area contributed by atoms with E-state index in [1.807, 2.05) is 38.1 Å². The first kappa shape index (κ1) is 12.2. The molecule has 0 aliphatic heterocycles. The molecule has 0 fully saturated rings. The average Bonchev–Trinajstić information content (AvgIpc) is 2.17. The Kier molecular flexibility index (Phi) is 4.73. The molecule has 0 heterocycles. The predicted octanol–water partition coefficient (Wildman–Crippen LogP) is 3.36. The lowest BCUT2D eigenvalue weighted by atomic mass is 10.2. The van der Waals surface area contributed by atoms with E-state index in [4.69, 9.17) is 9.26 Å². The van der Waals surface area contributed by atoms with Gasteiger partial charge in [0.1, 0.15) is 11.9 Å². The van der Waals surface area contributed by atoms with Gasteiger partial charge in [0, 0.05) is 5.56 Å². The van der Waals surface area contributed by atoms with Crippen LogP contribution in [-0.4, -0.2) is 13.2 Å². The van der Waals surface area contributed by atoms with Crippen molar-refractivity contribution in [3.8, 4) is 5.75 Å². The third-order valence-electron chi connectivity index (χ3n) is 1.82. The number of rotatable bonds is 5. The molecule has 1 aromatic carbocycles. The number of hydrogen-bond donors (Lipinski definition) is 0. The van der Waals surface area contributed by atoms with Crippen LogP contribution in [0, 0.1) is 0 Å². The molecule has 1 atom stereocenters. The van der Waals surface area contributed by atoms with Crippen LogP contribution < -0.4 is 4.74 Å². The van der Waals surface area contributed by atoms with E-state index in [1.165, 1.54) is 0 Å². The molecule has 82 valence electrons. The van der Waals surface area contributed by atoms with Crippen molar-refractivity contribution in [2.75, 3.05) is 7.11 Å². The van der Waals surface area contributed by atoms with Crippen LogP contribution in [0.5, 0.6) is 5.75 Å². The molecule has 4 heteroatoms. The van der Waals surface area contributed by atoms with Gasteiger partial charge >= 0.3 is 8.03 Å². The van der Waals surface area contributed by atoms with Crippen LogP contribution in [0.1, 0.15) is 19.4 Å². The molecule has 0 aliphatic carbocycles. The molecule has 0 spiro atoms. The molecule has 0 N–H and O–H groups in total. The molecule has 1 unspecified atom stereocenters. The van der Waals surface area contributed by atoms with Gasteiger partial charge < -0.3 is 4.74 Å². The third-order valence-corrected chi connectivity index (χ3v) is 3.08. The zero-order valence-electron chi connectivity index (χ0n) is 9.27. The quantitative estimate of drug-likeness (QED) is 0.723. The second-order valence-corrected chi connectivity index (χ2v) is 4.65. The van der Waals surface area contributed by atoms with Crippen molar-refractivity contribution in [1.82, 2.24) is 0 Å². The van der Waals surface area contributed by atoms with Crippen LogP contribution in [0.15, 0.2) is 24.3 Å². The first-order chi connectivity index (χ1) is 7.13. The van der Waals surface area contributed by atoms with Crippen molar-refractivity contribution in [2.45, 2.75) is 26.1 Å². The minimum atomic E-state index is -1.65. The molecule has 1 rings (SSSR count). The molecular weight excluding hydrogens is 211 g/mol. The maximum Gasteiger partial charge on any atom is 0.513 e. The highest BCUT2D eigenvalue weighted by atomic mass is 31.1. The SMILES string of the molecule is COc1ccccc1C[P+](=O)OC(C)C. The monoisotopic (exact) mass is 227 g/mol. The molecule has 1 aromatic rings. The summed E-state index contributed by atoms with van der Waals surface area (Å²) in [5.74, 6) is 0.758. The van der Waals surface area contributed by atoms with Crippen LogP contribution in [-0.2, 0) is 15.3 Å². The number of hydrogen-bond acceptors (Lipinski definition) is 3. The van der Waals surface area contributed by atoms with Gasteiger partial charge in [0.05, 0.1) is 7.11 Å². The van der Waals surface area contributed by atoms with Gasteiger partial charge in [0.15, 0.2) is 0 Å². The van der Waals surface area contributed by atoms with Gasteiger partial charge in [-0.2, -0.15) is 0 Å². The summed E-state index contributed by atoms with van der Waals surface area (Å²) < 4.78 is 21.9. The van der Waals surface area contributed by atoms with E-state index in [0.717, 1.165) is 11.3 Å². The smallest absolute Gasteiger partial charge is 0.496 e. The third kappa shape index (κ3) is 3.98. The lowest BCUT2D eigenvalue weighted by Gasteiger charge is -2.02. The lowest BCUT2D eigenvalue weighted by molar-refractivity contribution is 0.255. The van der Waals surface area contributed by atoms with Crippen molar-refractivity contribution >= 4 is 8.03 Å². The Morgan fingerprint density at radius 2 is 2.00 bits per heavy atom. The predicted molar refractivity (Wildman–Crippen MR) is 60.5 cm³/mol. The van der Waals surface area contributed by atoms with Gasteiger partial charge in [-0.15, -0.1) is 4.52 Å². The standard InChI is InChI=1S/C11H16O3P/c1-9(2)14-15(12)8-10-6-4-5-7-11(10)13-3/h4-7,9H,8H2,1-3H3/q+1. The van der Waals surface area contributed by atoms with E-state index >= 15 is 0 Å². The average molecular weight is 227 g/mol. The summed E-state index contributed by atoms with van der Waals surface area (Å²) >= 11 is 0. The van der Waals surface area contributed by atoms with Crippen LogP contribution in [0.4, 0.5) is 0 Å². The van der Waals surface area contributed by atoms with Gasteiger partial charge in [-0.3, -0.25) is 0 Å². The largest absolute Gasteiger partial charge is 0.513 e. The summed E-state index contributed by atoms with van der Waals surface area (Å²) in [6.45, 7) is 3.74. The second-order valence-electron chi connectivity index (χ2n) is 3.46. The first-order valence-electron chi connectivity index (χ1n) is 4.87. The van der Waals surface area contributed by atoms with Crippen molar-refractivity contribution in [2.24, 2.45) is 0 Å². The summed E-state index contributed by atoms with van der Waals surface area (Å²) in [5, 5.41) is 0. The summed E-state index contributed by atoms with van der Waals surface area (Å²) in [7, 11) is -0.0419. The Balaban J connectivity index is 2.67. The van der Waals surface area contributed by atoms with E-state index in [2.05, 4.69) is 0 Å². The zero-order chi connectivity index (χ0) is 11.3. The maximum atomic E-state index is 11.6. The van der Waals surface area contributed by atoms with Crippen LogP contribution in [0.2, 0.25) is 0 Å². The molecule has 0 saturated heterocycles. The van der Waals surface area contributed by atoms with Crippen molar-refractivity contribution in [3.63, 3.8) is 0 Å². The molecule has 15 heavy (non-hydrogen) atoms. The van der Waals surface area contributed by atoms with E-state index < -0.39 is 8.03 Å². The van der Waals surface area contributed by atoms with Crippen molar-refractivity contribution in [3.05, 3.63) is 29.8 Å². The highest BCUT2D eigenvalue weighted by Crippen LogP contribution is 2.33. The molecule has 0 aromatic heterocycles. The number of ether oxygens (including phenoxy) is 1. The number of para-hydroxylation sites is 1. The van der Waals surface area contributed by atoms with Crippen LogP contribution >= 0.6 is 8.03 Å². The second kappa shape index (κ2) is 5.84. The van der Waals surface area contributed by atoms with E-state index in [-0.39, 0.29) is 6.10 Å². The normalized spacial score (nSPS) is 11.6. The Bertz CT molecular complexity index is 336. The Morgan fingerprint density at radius 1 is 1.33 bits per heavy atom. The summed E-state index contributed by atoms with van der Waals surface area (Å²) in [6.07, 6.45) is 0.390.